The van der Waals surface area contributed by atoms with Crippen molar-refractivity contribution in [3.05, 3.63) is 21.1 Å². The van der Waals surface area contributed by atoms with Gasteiger partial charge in [-0.2, -0.15) is 0 Å². The molecular weight excluding hydrogens is 268 g/mol. The molecule has 1 fully saturated rings. The molecule has 1 N–H and O–H groups in total. The average Bonchev–Trinajstić information content (AvgIpc) is 2.72. The Bertz CT molecular complexity index is 464. The van der Waals surface area contributed by atoms with Gasteiger partial charge >= 0.3 is 5.69 Å². The van der Waals surface area contributed by atoms with E-state index in [9.17, 15) is 15.2 Å². The smallest absolute Gasteiger partial charge is 0.304 e. The maximum atomic E-state index is 11.1. The summed E-state index contributed by atoms with van der Waals surface area (Å²) < 4.78 is 5.64. The fraction of sp³-hybridized carbons (Fsp3) is 0.667. The number of aliphatic hydroxyl groups excluding tert-OH is 1. The van der Waals surface area contributed by atoms with E-state index in [1.54, 1.807) is 6.92 Å². The lowest BCUT2D eigenvalue weighted by atomic mass is 10.2. The van der Waals surface area contributed by atoms with Crippen LogP contribution in [-0.2, 0) is 4.74 Å². The summed E-state index contributed by atoms with van der Waals surface area (Å²) in [6.45, 7) is 6.79. The fourth-order valence-electron chi connectivity index (χ4n) is 2.30. The summed E-state index contributed by atoms with van der Waals surface area (Å²) >= 11 is 1.29. The van der Waals surface area contributed by atoms with Gasteiger partial charge in [0.25, 0.3) is 0 Å². The number of nitro groups is 1. The second-order valence-electron chi connectivity index (χ2n) is 4.93. The van der Waals surface area contributed by atoms with Gasteiger partial charge in [-0.25, -0.2) is 0 Å². The first kappa shape index (κ1) is 14.2. The second kappa shape index (κ2) is 5.44. The van der Waals surface area contributed by atoms with Crippen molar-refractivity contribution < 1.29 is 14.8 Å². The third kappa shape index (κ3) is 3.05. The van der Waals surface area contributed by atoms with Gasteiger partial charge in [-0.05, 0) is 20.8 Å². The number of rotatable bonds is 3. The largest absolute Gasteiger partial charge is 0.388 e. The first-order valence-electron chi connectivity index (χ1n) is 6.25. The minimum atomic E-state index is -0.687. The maximum Gasteiger partial charge on any atom is 0.304 e. The highest BCUT2D eigenvalue weighted by atomic mass is 32.1. The number of ether oxygens (including phenoxy) is 1. The quantitative estimate of drug-likeness (QED) is 0.681. The number of thiophene rings is 1. The van der Waals surface area contributed by atoms with Gasteiger partial charge in [-0.15, -0.1) is 11.3 Å². The van der Waals surface area contributed by atoms with Crippen LogP contribution in [-0.4, -0.2) is 35.3 Å². The summed E-state index contributed by atoms with van der Waals surface area (Å²) in [5, 5.41) is 21.3. The van der Waals surface area contributed by atoms with Gasteiger partial charge in [-0.1, -0.05) is 0 Å². The highest BCUT2D eigenvalue weighted by molar-refractivity contribution is 7.16. The highest BCUT2D eigenvalue weighted by Gasteiger charge is 2.30. The molecule has 0 aliphatic carbocycles. The summed E-state index contributed by atoms with van der Waals surface area (Å²) in [6, 6.07) is 1.47. The van der Waals surface area contributed by atoms with Crippen LogP contribution in [0.1, 0.15) is 31.8 Å². The van der Waals surface area contributed by atoms with E-state index in [4.69, 9.17) is 4.74 Å². The molecule has 1 aromatic rings. The molecule has 0 aromatic carbocycles. The molecule has 1 aliphatic heterocycles. The Kier molecular flexibility index (Phi) is 4.07. The molecule has 19 heavy (non-hydrogen) atoms. The molecular formula is C12H18N2O4S. The molecule has 0 bridgehead atoms. The molecule has 106 valence electrons. The number of hydrogen-bond donors (Lipinski definition) is 1. The van der Waals surface area contributed by atoms with Crippen LogP contribution in [0.3, 0.4) is 0 Å². The van der Waals surface area contributed by atoms with E-state index in [1.165, 1.54) is 17.4 Å². The SMILES string of the molecule is C[C@@H]1CN(c2sc([C@@H](C)O)cc2[N+](=O)[O-])C[C@H](C)O1. The van der Waals surface area contributed by atoms with Gasteiger partial charge < -0.3 is 14.7 Å². The van der Waals surface area contributed by atoms with Gasteiger partial charge in [-0.3, -0.25) is 10.1 Å². The van der Waals surface area contributed by atoms with Crippen LogP contribution in [0, 0.1) is 10.1 Å². The van der Waals surface area contributed by atoms with Gasteiger partial charge in [0.05, 0.1) is 23.2 Å². The van der Waals surface area contributed by atoms with Crippen molar-refractivity contribution in [3.8, 4) is 0 Å². The predicted octanol–water partition coefficient (Wildman–Crippen LogP) is 2.32. The van der Waals surface area contributed by atoms with Crippen LogP contribution < -0.4 is 4.90 Å². The molecule has 0 amide bonds. The Morgan fingerprint density at radius 3 is 2.58 bits per heavy atom. The fourth-order valence-corrected chi connectivity index (χ4v) is 3.38. The summed E-state index contributed by atoms with van der Waals surface area (Å²) in [5.41, 5.74) is 0.0715. The zero-order chi connectivity index (χ0) is 14.2. The zero-order valence-electron chi connectivity index (χ0n) is 11.2. The molecule has 1 aromatic heterocycles. The second-order valence-corrected chi connectivity index (χ2v) is 6.00. The molecule has 1 saturated heterocycles. The van der Waals surface area contributed by atoms with Gasteiger partial charge in [0.15, 0.2) is 5.00 Å². The Hall–Kier alpha value is -1.18. The topological polar surface area (TPSA) is 75.8 Å². The van der Waals surface area contributed by atoms with Crippen molar-refractivity contribution in [1.29, 1.82) is 0 Å². The van der Waals surface area contributed by atoms with Crippen molar-refractivity contribution in [2.24, 2.45) is 0 Å². The van der Waals surface area contributed by atoms with Crippen molar-refractivity contribution >= 4 is 22.0 Å². The van der Waals surface area contributed by atoms with Crippen LogP contribution in [0.2, 0.25) is 0 Å². The van der Waals surface area contributed by atoms with Gasteiger partial charge in [0, 0.05) is 24.0 Å². The van der Waals surface area contributed by atoms with E-state index in [1.807, 2.05) is 18.7 Å². The standard InChI is InChI=1S/C12H18N2O4S/c1-7-5-13(6-8(2)18-7)12-10(14(16)17)4-11(19-12)9(3)15/h4,7-9,15H,5-6H2,1-3H3/t7-,8+,9-/m1/s1. The lowest BCUT2D eigenvalue weighted by Crippen LogP contribution is -2.45. The van der Waals surface area contributed by atoms with E-state index in [0.717, 1.165) is 0 Å². The first-order chi connectivity index (χ1) is 8.88. The molecule has 6 nitrogen and oxygen atoms in total. The normalized spacial score (nSPS) is 25.4. The lowest BCUT2D eigenvalue weighted by Gasteiger charge is -2.35. The van der Waals surface area contributed by atoms with Crippen molar-refractivity contribution in [1.82, 2.24) is 0 Å². The maximum absolute atomic E-state index is 11.1. The number of hydrogen-bond acceptors (Lipinski definition) is 6. The van der Waals surface area contributed by atoms with Crippen molar-refractivity contribution in [2.45, 2.75) is 39.1 Å². The number of anilines is 1. The lowest BCUT2D eigenvalue weighted by molar-refractivity contribution is -0.383. The van der Waals surface area contributed by atoms with E-state index in [-0.39, 0.29) is 22.8 Å². The summed E-state index contributed by atoms with van der Waals surface area (Å²) in [4.78, 5) is 13.3. The monoisotopic (exact) mass is 286 g/mol. The molecule has 0 saturated carbocycles. The molecule has 2 heterocycles. The Labute approximate surface area is 115 Å². The predicted molar refractivity (Wildman–Crippen MR) is 73.8 cm³/mol. The van der Waals surface area contributed by atoms with Crippen molar-refractivity contribution in [3.63, 3.8) is 0 Å². The minimum Gasteiger partial charge on any atom is -0.388 e. The van der Waals surface area contributed by atoms with Crippen molar-refractivity contribution in [2.75, 3.05) is 18.0 Å². The van der Waals surface area contributed by atoms with E-state index in [0.29, 0.717) is 23.0 Å². The van der Waals surface area contributed by atoms with Crippen LogP contribution in [0.4, 0.5) is 10.7 Å². The van der Waals surface area contributed by atoms with Crippen LogP contribution >= 0.6 is 11.3 Å². The Morgan fingerprint density at radius 1 is 1.53 bits per heavy atom. The summed E-state index contributed by atoms with van der Waals surface area (Å²) in [7, 11) is 0. The van der Waals surface area contributed by atoms with Crippen LogP contribution in [0.5, 0.6) is 0 Å². The molecule has 1 aliphatic rings. The Balaban J connectivity index is 2.34. The molecule has 2 rings (SSSR count). The molecule has 0 spiro atoms. The van der Waals surface area contributed by atoms with Gasteiger partial charge in [0.1, 0.15) is 0 Å². The van der Waals surface area contributed by atoms with E-state index < -0.39 is 6.10 Å². The van der Waals surface area contributed by atoms with E-state index >= 15 is 0 Å². The minimum absolute atomic E-state index is 0.0421. The molecule has 7 heteroatoms. The number of nitrogens with zero attached hydrogens (tertiary/aromatic N) is 2. The molecule has 0 radical (unpaired) electrons. The number of morpholine rings is 1. The van der Waals surface area contributed by atoms with Gasteiger partial charge in [0.2, 0.25) is 0 Å². The summed E-state index contributed by atoms with van der Waals surface area (Å²) in [6.07, 6.45) is -0.603. The first-order valence-corrected chi connectivity index (χ1v) is 7.06. The number of aliphatic hydroxyl groups is 1. The zero-order valence-corrected chi connectivity index (χ0v) is 12.0. The highest BCUT2D eigenvalue weighted by Crippen LogP contribution is 2.41. The van der Waals surface area contributed by atoms with Crippen LogP contribution in [0.25, 0.3) is 0 Å². The molecule has 3 atom stereocenters. The Morgan fingerprint density at radius 2 is 2.11 bits per heavy atom. The average molecular weight is 286 g/mol. The molecule has 0 unspecified atom stereocenters. The third-order valence-corrected chi connectivity index (χ3v) is 4.38. The summed E-state index contributed by atoms with van der Waals surface area (Å²) in [5.74, 6) is 0. The third-order valence-electron chi connectivity index (χ3n) is 3.03. The van der Waals surface area contributed by atoms with E-state index in [2.05, 4.69) is 0 Å². The van der Waals surface area contributed by atoms with Crippen LogP contribution in [0.15, 0.2) is 6.07 Å².